The smallest absolute Gasteiger partial charge is 0.408 e. The Labute approximate surface area is 189 Å². The van der Waals surface area contributed by atoms with E-state index in [1.54, 1.807) is 27.7 Å². The van der Waals surface area contributed by atoms with Gasteiger partial charge in [-0.2, -0.15) is 5.10 Å². The molecule has 4 aromatic rings. The van der Waals surface area contributed by atoms with E-state index in [9.17, 15) is 14.4 Å². The highest BCUT2D eigenvalue weighted by Crippen LogP contribution is 2.23. The number of nitrogens with one attached hydrogen (secondary N) is 1. The summed E-state index contributed by atoms with van der Waals surface area (Å²) in [6.07, 6.45) is 2.27. The van der Waals surface area contributed by atoms with E-state index in [2.05, 4.69) is 10.2 Å². The molecular formula is C24H25N5O4. The van der Waals surface area contributed by atoms with Gasteiger partial charge in [0.1, 0.15) is 12.4 Å². The second-order valence-electron chi connectivity index (χ2n) is 8.52. The third kappa shape index (κ3) is 4.02. The average Bonchev–Trinajstić information content (AvgIpc) is 3.33. The fourth-order valence-electron chi connectivity index (χ4n) is 4.57. The number of carbonyl (C=O) groups excluding carboxylic acids is 1. The molecule has 33 heavy (non-hydrogen) atoms. The molecule has 1 aliphatic rings. The molecule has 9 nitrogen and oxygen atoms in total. The van der Waals surface area contributed by atoms with E-state index in [1.165, 1.54) is 4.57 Å². The Kier molecular flexibility index (Phi) is 5.45. The van der Waals surface area contributed by atoms with Crippen LogP contribution in [0.2, 0.25) is 0 Å². The largest absolute Gasteiger partial charge is 0.420 e. The van der Waals surface area contributed by atoms with Crippen molar-refractivity contribution in [3.63, 3.8) is 0 Å². The lowest BCUT2D eigenvalue weighted by atomic mass is 9.93. The SMILES string of the molecule is Cc1ccccc1-n1c(CC2CCN(C(=O)Cn3c(=O)oc4ccccc43)CC2)n[nH]c1=O. The first-order chi connectivity index (χ1) is 16.0. The molecule has 0 atom stereocenters. The molecule has 3 heterocycles. The Bertz CT molecular complexity index is 1420. The van der Waals surface area contributed by atoms with Gasteiger partial charge in [-0.05, 0) is 49.4 Å². The van der Waals surface area contributed by atoms with Crippen LogP contribution in [0, 0.1) is 12.8 Å². The molecule has 2 aromatic carbocycles. The third-order valence-corrected chi connectivity index (χ3v) is 6.40. The predicted molar refractivity (Wildman–Crippen MR) is 122 cm³/mol. The first kappa shape index (κ1) is 21.0. The molecule has 0 aliphatic carbocycles. The van der Waals surface area contributed by atoms with Crippen molar-refractivity contribution in [2.24, 2.45) is 5.92 Å². The Hall–Kier alpha value is -3.88. The van der Waals surface area contributed by atoms with Crippen molar-refractivity contribution in [3.05, 3.63) is 81.0 Å². The first-order valence-electron chi connectivity index (χ1n) is 11.1. The molecule has 170 valence electrons. The lowest BCUT2D eigenvalue weighted by molar-refractivity contribution is -0.133. The molecule has 1 fully saturated rings. The van der Waals surface area contributed by atoms with E-state index in [0.717, 1.165) is 24.1 Å². The summed E-state index contributed by atoms with van der Waals surface area (Å²) < 4.78 is 8.25. The maximum absolute atomic E-state index is 12.9. The lowest BCUT2D eigenvalue weighted by Gasteiger charge is -2.32. The average molecular weight is 447 g/mol. The summed E-state index contributed by atoms with van der Waals surface area (Å²) in [5, 5.41) is 6.84. The van der Waals surface area contributed by atoms with Gasteiger partial charge in [-0.25, -0.2) is 19.3 Å². The number of likely N-dealkylation sites (tertiary alicyclic amines) is 1. The molecule has 1 N–H and O–H groups in total. The number of fused-ring (bicyclic) bond motifs is 1. The van der Waals surface area contributed by atoms with Gasteiger partial charge in [-0.1, -0.05) is 30.3 Å². The van der Waals surface area contributed by atoms with Crippen LogP contribution >= 0.6 is 0 Å². The summed E-state index contributed by atoms with van der Waals surface area (Å²) in [5.74, 6) is 0.394. The van der Waals surface area contributed by atoms with Gasteiger partial charge in [0.25, 0.3) is 0 Å². The van der Waals surface area contributed by atoms with E-state index in [0.29, 0.717) is 42.4 Å². The molecule has 1 saturated heterocycles. The van der Waals surface area contributed by atoms with Gasteiger partial charge in [0.05, 0.1) is 11.2 Å². The number of carbonyl (C=O) groups is 1. The Morgan fingerprint density at radius 3 is 2.61 bits per heavy atom. The topological polar surface area (TPSA) is 106 Å². The van der Waals surface area contributed by atoms with Crippen LogP contribution < -0.4 is 11.4 Å². The van der Waals surface area contributed by atoms with Crippen LogP contribution in [0.1, 0.15) is 24.2 Å². The Morgan fingerprint density at radius 2 is 1.82 bits per heavy atom. The second-order valence-corrected chi connectivity index (χ2v) is 8.52. The number of rotatable bonds is 5. The van der Waals surface area contributed by atoms with Crippen LogP contribution in [0.4, 0.5) is 0 Å². The van der Waals surface area contributed by atoms with E-state index >= 15 is 0 Å². The number of aryl methyl sites for hydroxylation is 1. The van der Waals surface area contributed by atoms with Crippen molar-refractivity contribution in [2.45, 2.75) is 32.7 Å². The molecule has 1 amide bonds. The highest BCUT2D eigenvalue weighted by atomic mass is 16.4. The minimum Gasteiger partial charge on any atom is -0.408 e. The van der Waals surface area contributed by atoms with Crippen LogP contribution in [0.15, 0.2) is 62.5 Å². The molecular weight excluding hydrogens is 422 g/mol. The number of hydrogen-bond acceptors (Lipinski definition) is 5. The van der Waals surface area contributed by atoms with Crippen LogP contribution in [0.3, 0.4) is 0 Å². The number of hydrogen-bond donors (Lipinski definition) is 1. The number of nitrogens with zero attached hydrogens (tertiary/aromatic N) is 4. The summed E-state index contributed by atoms with van der Waals surface area (Å²) >= 11 is 0. The molecule has 0 spiro atoms. The van der Waals surface area contributed by atoms with Crippen molar-refractivity contribution in [2.75, 3.05) is 13.1 Å². The lowest BCUT2D eigenvalue weighted by Crippen LogP contribution is -2.41. The molecule has 0 saturated carbocycles. The van der Waals surface area contributed by atoms with E-state index in [1.807, 2.05) is 37.3 Å². The predicted octanol–water partition coefficient (Wildman–Crippen LogP) is 2.26. The van der Waals surface area contributed by atoms with Crippen molar-refractivity contribution in [3.8, 4) is 5.69 Å². The number of H-pyrrole nitrogens is 1. The van der Waals surface area contributed by atoms with Gasteiger partial charge in [0.15, 0.2) is 5.58 Å². The fraction of sp³-hybridized carbons (Fsp3) is 0.333. The number of amides is 1. The second kappa shape index (κ2) is 8.57. The molecule has 0 unspecified atom stereocenters. The van der Waals surface area contributed by atoms with Crippen molar-refractivity contribution < 1.29 is 9.21 Å². The molecule has 0 radical (unpaired) electrons. The van der Waals surface area contributed by atoms with E-state index in [4.69, 9.17) is 4.42 Å². The number of piperidine rings is 1. The zero-order chi connectivity index (χ0) is 22.9. The summed E-state index contributed by atoms with van der Waals surface area (Å²) in [4.78, 5) is 39.2. The fourth-order valence-corrected chi connectivity index (χ4v) is 4.57. The number of oxazole rings is 1. The minimum atomic E-state index is -0.521. The summed E-state index contributed by atoms with van der Waals surface area (Å²) in [6, 6.07) is 14.8. The maximum Gasteiger partial charge on any atom is 0.420 e. The summed E-state index contributed by atoms with van der Waals surface area (Å²) in [5.41, 5.74) is 2.69. The van der Waals surface area contributed by atoms with Crippen LogP contribution in [-0.4, -0.2) is 43.2 Å². The minimum absolute atomic E-state index is 0.0350. The van der Waals surface area contributed by atoms with Crippen LogP contribution in [0.5, 0.6) is 0 Å². The van der Waals surface area contributed by atoms with Gasteiger partial charge in [-0.3, -0.25) is 9.36 Å². The highest BCUT2D eigenvalue weighted by Gasteiger charge is 2.26. The van der Waals surface area contributed by atoms with Gasteiger partial charge in [0, 0.05) is 19.5 Å². The first-order valence-corrected chi connectivity index (χ1v) is 11.1. The van der Waals surface area contributed by atoms with Crippen molar-refractivity contribution in [1.29, 1.82) is 0 Å². The Balaban J connectivity index is 1.25. The Morgan fingerprint density at radius 1 is 1.09 bits per heavy atom. The monoisotopic (exact) mass is 447 g/mol. The quantitative estimate of drug-likeness (QED) is 0.505. The molecule has 1 aliphatic heterocycles. The zero-order valence-corrected chi connectivity index (χ0v) is 18.4. The maximum atomic E-state index is 12.9. The number of aromatic nitrogens is 4. The molecule has 2 aromatic heterocycles. The third-order valence-electron chi connectivity index (χ3n) is 6.40. The number of benzene rings is 2. The summed E-state index contributed by atoms with van der Waals surface area (Å²) in [7, 11) is 0. The van der Waals surface area contributed by atoms with E-state index < -0.39 is 5.76 Å². The standard InChI is InChI=1S/C24H25N5O4/c1-16-6-2-3-7-18(16)29-21(25-26-23(29)31)14-17-10-12-27(13-11-17)22(30)15-28-19-8-4-5-9-20(19)33-24(28)32/h2-9,17H,10-15H2,1H3,(H,26,31). The normalized spacial score (nSPS) is 14.8. The summed E-state index contributed by atoms with van der Waals surface area (Å²) in [6.45, 7) is 3.14. The van der Waals surface area contributed by atoms with Crippen LogP contribution in [-0.2, 0) is 17.8 Å². The van der Waals surface area contributed by atoms with Crippen LogP contribution in [0.25, 0.3) is 16.8 Å². The molecule has 5 rings (SSSR count). The van der Waals surface area contributed by atoms with Gasteiger partial charge in [0.2, 0.25) is 5.91 Å². The number of para-hydroxylation sites is 3. The molecule has 0 bridgehead atoms. The van der Waals surface area contributed by atoms with Crippen molar-refractivity contribution in [1.82, 2.24) is 24.2 Å². The van der Waals surface area contributed by atoms with E-state index in [-0.39, 0.29) is 18.1 Å². The van der Waals surface area contributed by atoms with Gasteiger partial charge < -0.3 is 9.32 Å². The number of aromatic amines is 1. The van der Waals surface area contributed by atoms with Gasteiger partial charge >= 0.3 is 11.4 Å². The zero-order valence-electron chi connectivity index (χ0n) is 18.4. The molecule has 9 heteroatoms. The highest BCUT2D eigenvalue weighted by molar-refractivity contribution is 5.79. The van der Waals surface area contributed by atoms with Gasteiger partial charge in [-0.15, -0.1) is 0 Å². The van der Waals surface area contributed by atoms with Crippen molar-refractivity contribution >= 4 is 17.0 Å².